The lowest BCUT2D eigenvalue weighted by molar-refractivity contribution is 0.0122. The first-order chi connectivity index (χ1) is 5.39. The number of alkyl halides is 2. The molecule has 0 spiro atoms. The van der Waals surface area contributed by atoms with Crippen LogP contribution in [0.3, 0.4) is 0 Å². The summed E-state index contributed by atoms with van der Waals surface area (Å²) in [6.07, 6.45) is 0. The molecule has 0 saturated heterocycles. The highest BCUT2D eigenvalue weighted by Gasteiger charge is 2.26. The summed E-state index contributed by atoms with van der Waals surface area (Å²) in [6.45, 7) is 2.23. The highest BCUT2D eigenvalue weighted by Crippen LogP contribution is 2.23. The van der Waals surface area contributed by atoms with E-state index in [1.165, 1.54) is 6.92 Å². The van der Waals surface area contributed by atoms with Gasteiger partial charge in [-0.2, -0.15) is 13.8 Å². The lowest BCUT2D eigenvalue weighted by Gasteiger charge is -2.08. The van der Waals surface area contributed by atoms with Gasteiger partial charge in [0.2, 0.25) is 0 Å². The summed E-state index contributed by atoms with van der Waals surface area (Å²) in [5.41, 5.74) is -0.859. The van der Waals surface area contributed by atoms with E-state index >= 15 is 0 Å². The standard InChI is InChI=1S/C7H8F2N2O/c1-4-3-5(7(2,8)9)11-6(12)10-4/h3H,1-2H3,(H,10,11,12). The molecule has 0 amide bonds. The molecular weight excluding hydrogens is 166 g/mol. The van der Waals surface area contributed by atoms with Crippen molar-refractivity contribution in [1.29, 1.82) is 0 Å². The summed E-state index contributed by atoms with van der Waals surface area (Å²) in [4.78, 5) is 16.1. The first-order valence-corrected chi connectivity index (χ1v) is 3.36. The normalized spacial score (nSPS) is 11.7. The molecule has 0 fully saturated rings. The van der Waals surface area contributed by atoms with Gasteiger partial charge in [0.05, 0.1) is 0 Å². The van der Waals surface area contributed by atoms with Crippen LogP contribution in [0.2, 0.25) is 0 Å². The zero-order valence-electron chi connectivity index (χ0n) is 6.69. The van der Waals surface area contributed by atoms with Gasteiger partial charge in [0, 0.05) is 12.6 Å². The van der Waals surface area contributed by atoms with Gasteiger partial charge < -0.3 is 4.98 Å². The van der Waals surface area contributed by atoms with Crippen molar-refractivity contribution in [3.63, 3.8) is 0 Å². The lowest BCUT2D eigenvalue weighted by atomic mass is 10.2. The number of aromatic amines is 1. The zero-order chi connectivity index (χ0) is 9.35. The highest BCUT2D eigenvalue weighted by molar-refractivity contribution is 5.10. The maximum Gasteiger partial charge on any atom is 0.345 e. The summed E-state index contributed by atoms with van der Waals surface area (Å²) >= 11 is 0. The highest BCUT2D eigenvalue weighted by atomic mass is 19.3. The van der Waals surface area contributed by atoms with Crippen LogP contribution in [0.4, 0.5) is 8.78 Å². The van der Waals surface area contributed by atoms with Crippen LogP contribution in [0.25, 0.3) is 0 Å². The number of halogens is 2. The van der Waals surface area contributed by atoms with Crippen LogP contribution in [-0.2, 0) is 5.92 Å². The minimum atomic E-state index is -3.06. The second kappa shape index (κ2) is 2.66. The van der Waals surface area contributed by atoms with Crippen molar-refractivity contribution in [2.45, 2.75) is 19.8 Å². The van der Waals surface area contributed by atoms with Crippen molar-refractivity contribution in [1.82, 2.24) is 9.97 Å². The van der Waals surface area contributed by atoms with Crippen LogP contribution in [0.5, 0.6) is 0 Å². The maximum atomic E-state index is 12.6. The summed E-state index contributed by atoms with van der Waals surface area (Å²) < 4.78 is 25.2. The Bertz CT molecular complexity index is 340. The van der Waals surface area contributed by atoms with Crippen molar-refractivity contribution >= 4 is 0 Å². The third-order valence-corrected chi connectivity index (χ3v) is 1.33. The molecule has 5 heteroatoms. The summed E-state index contributed by atoms with van der Waals surface area (Å²) in [5.74, 6) is -3.06. The number of hydrogen-bond acceptors (Lipinski definition) is 2. The van der Waals surface area contributed by atoms with E-state index in [2.05, 4.69) is 9.97 Å². The van der Waals surface area contributed by atoms with Crippen LogP contribution >= 0.6 is 0 Å². The molecule has 0 saturated carbocycles. The summed E-state index contributed by atoms with van der Waals surface area (Å²) in [6, 6.07) is 1.15. The fourth-order valence-electron chi connectivity index (χ4n) is 0.804. The number of rotatable bonds is 1. The molecule has 0 atom stereocenters. The SMILES string of the molecule is Cc1cc(C(C)(F)F)nc(=O)[nH]1. The Balaban J connectivity index is 3.27. The second-order valence-corrected chi connectivity index (χ2v) is 2.64. The molecule has 1 aromatic rings. The molecular formula is C7H8F2N2O. The van der Waals surface area contributed by atoms with E-state index < -0.39 is 17.3 Å². The van der Waals surface area contributed by atoms with Gasteiger partial charge in [0.25, 0.3) is 5.92 Å². The van der Waals surface area contributed by atoms with Gasteiger partial charge in [-0.1, -0.05) is 0 Å². The number of hydrogen-bond donors (Lipinski definition) is 1. The Kier molecular flexibility index (Phi) is 1.95. The average Bonchev–Trinajstić information content (AvgIpc) is 1.82. The number of H-pyrrole nitrogens is 1. The molecule has 0 aliphatic carbocycles. The average molecular weight is 174 g/mol. The molecule has 1 N–H and O–H groups in total. The fraction of sp³-hybridized carbons (Fsp3) is 0.429. The molecule has 66 valence electrons. The van der Waals surface area contributed by atoms with E-state index in [0.717, 1.165) is 6.07 Å². The third kappa shape index (κ3) is 1.87. The number of nitrogens with one attached hydrogen (secondary N) is 1. The van der Waals surface area contributed by atoms with Crippen molar-refractivity contribution in [3.05, 3.63) is 27.9 Å². The van der Waals surface area contributed by atoms with Crippen LogP contribution in [0.1, 0.15) is 18.3 Å². The molecule has 12 heavy (non-hydrogen) atoms. The minimum Gasteiger partial charge on any atom is -0.310 e. The molecule has 0 radical (unpaired) electrons. The zero-order valence-corrected chi connectivity index (χ0v) is 6.69. The Morgan fingerprint density at radius 1 is 1.58 bits per heavy atom. The van der Waals surface area contributed by atoms with Crippen LogP contribution in [0, 0.1) is 6.92 Å². The topological polar surface area (TPSA) is 45.8 Å². The van der Waals surface area contributed by atoms with E-state index in [0.29, 0.717) is 12.6 Å². The van der Waals surface area contributed by atoms with E-state index in [-0.39, 0.29) is 0 Å². The summed E-state index contributed by atoms with van der Waals surface area (Å²) in [5, 5.41) is 0. The predicted molar refractivity (Wildman–Crippen MR) is 39.2 cm³/mol. The fourth-order valence-corrected chi connectivity index (χ4v) is 0.804. The summed E-state index contributed by atoms with van der Waals surface area (Å²) in [7, 11) is 0. The monoisotopic (exact) mass is 174 g/mol. The van der Waals surface area contributed by atoms with Gasteiger partial charge in [-0.3, -0.25) is 0 Å². The molecule has 3 nitrogen and oxygen atoms in total. The van der Waals surface area contributed by atoms with Crippen LogP contribution in [-0.4, -0.2) is 9.97 Å². The quantitative estimate of drug-likeness (QED) is 0.695. The van der Waals surface area contributed by atoms with E-state index in [1.807, 2.05) is 0 Å². The van der Waals surface area contributed by atoms with E-state index in [9.17, 15) is 13.6 Å². The first-order valence-electron chi connectivity index (χ1n) is 3.36. The van der Waals surface area contributed by atoms with Crippen molar-refractivity contribution < 1.29 is 8.78 Å². The smallest absolute Gasteiger partial charge is 0.310 e. The van der Waals surface area contributed by atoms with E-state index in [4.69, 9.17) is 0 Å². The Morgan fingerprint density at radius 3 is 2.58 bits per heavy atom. The lowest BCUT2D eigenvalue weighted by Crippen LogP contribution is -2.20. The largest absolute Gasteiger partial charge is 0.345 e. The third-order valence-electron chi connectivity index (χ3n) is 1.33. The molecule has 1 rings (SSSR count). The van der Waals surface area contributed by atoms with Crippen molar-refractivity contribution in [2.75, 3.05) is 0 Å². The molecule has 0 aliphatic heterocycles. The first kappa shape index (κ1) is 8.83. The number of nitrogens with zero attached hydrogens (tertiary/aromatic N) is 1. The van der Waals surface area contributed by atoms with Crippen molar-refractivity contribution in [2.24, 2.45) is 0 Å². The Morgan fingerprint density at radius 2 is 2.17 bits per heavy atom. The maximum absolute atomic E-state index is 12.6. The second-order valence-electron chi connectivity index (χ2n) is 2.64. The van der Waals surface area contributed by atoms with Gasteiger partial charge >= 0.3 is 5.69 Å². The predicted octanol–water partition coefficient (Wildman–Crippen LogP) is 1.19. The Labute approximate surface area is 67.5 Å². The van der Waals surface area contributed by atoms with Gasteiger partial charge in [0.1, 0.15) is 5.69 Å². The molecule has 0 unspecified atom stereocenters. The number of aromatic nitrogens is 2. The van der Waals surface area contributed by atoms with Gasteiger partial charge in [-0.05, 0) is 13.0 Å². The van der Waals surface area contributed by atoms with Gasteiger partial charge in [-0.25, -0.2) is 4.79 Å². The molecule has 0 bridgehead atoms. The van der Waals surface area contributed by atoms with Crippen molar-refractivity contribution in [3.8, 4) is 0 Å². The molecule has 0 aliphatic rings. The number of aryl methyl sites for hydroxylation is 1. The molecule has 1 heterocycles. The Hall–Kier alpha value is -1.26. The van der Waals surface area contributed by atoms with Crippen LogP contribution < -0.4 is 5.69 Å². The minimum absolute atomic E-state index is 0.381. The van der Waals surface area contributed by atoms with Gasteiger partial charge in [-0.15, -0.1) is 0 Å². The van der Waals surface area contributed by atoms with E-state index in [1.54, 1.807) is 0 Å². The van der Waals surface area contributed by atoms with Gasteiger partial charge in [0.15, 0.2) is 0 Å². The van der Waals surface area contributed by atoms with Crippen LogP contribution in [0.15, 0.2) is 10.9 Å². The molecule has 0 aromatic carbocycles. The molecule has 1 aromatic heterocycles.